The van der Waals surface area contributed by atoms with Gasteiger partial charge in [0.15, 0.2) is 0 Å². The maximum Gasteiger partial charge on any atom is 0.309 e. The number of rotatable bonds is 7. The molecular weight excluding hydrogens is 248 g/mol. The van der Waals surface area contributed by atoms with E-state index in [4.69, 9.17) is 0 Å². The van der Waals surface area contributed by atoms with Crippen molar-refractivity contribution in [2.45, 2.75) is 13.8 Å². The molecule has 0 aliphatic heterocycles. The lowest BCUT2D eigenvalue weighted by Gasteiger charge is -2.10. The monoisotopic (exact) mass is 266 g/mol. The highest BCUT2D eigenvalue weighted by molar-refractivity contribution is 8.76. The highest BCUT2D eigenvalue weighted by Crippen LogP contribution is 2.26. The Morgan fingerprint density at radius 3 is 1.50 bits per heavy atom. The molecule has 0 aliphatic carbocycles. The van der Waals surface area contributed by atoms with E-state index in [1.807, 2.05) is 13.8 Å². The van der Waals surface area contributed by atoms with E-state index in [0.29, 0.717) is 11.5 Å². The van der Waals surface area contributed by atoms with E-state index >= 15 is 0 Å². The molecule has 0 rings (SSSR count). The minimum absolute atomic E-state index is 0.115. The summed E-state index contributed by atoms with van der Waals surface area (Å²) in [4.78, 5) is 22.2. The van der Waals surface area contributed by atoms with Gasteiger partial charge in [-0.2, -0.15) is 0 Å². The number of methoxy groups -OCH3 is 2. The number of ether oxygens (including phenoxy) is 2. The van der Waals surface area contributed by atoms with E-state index in [9.17, 15) is 9.59 Å². The Labute approximate surface area is 104 Å². The molecule has 0 N–H and O–H groups in total. The van der Waals surface area contributed by atoms with Gasteiger partial charge in [-0.3, -0.25) is 9.59 Å². The summed E-state index contributed by atoms with van der Waals surface area (Å²) in [6.45, 7) is 3.65. The Morgan fingerprint density at radius 2 is 1.25 bits per heavy atom. The molecule has 0 amide bonds. The molecule has 0 aromatic heterocycles. The van der Waals surface area contributed by atoms with Gasteiger partial charge in [-0.15, -0.1) is 0 Å². The zero-order chi connectivity index (χ0) is 12.6. The molecule has 0 aromatic rings. The average molecular weight is 266 g/mol. The van der Waals surface area contributed by atoms with Gasteiger partial charge in [-0.25, -0.2) is 0 Å². The van der Waals surface area contributed by atoms with Gasteiger partial charge in [-0.1, -0.05) is 35.4 Å². The smallest absolute Gasteiger partial charge is 0.309 e. The molecule has 0 unspecified atom stereocenters. The molecule has 6 heteroatoms. The highest BCUT2D eigenvalue weighted by Gasteiger charge is 2.15. The molecule has 2 atom stereocenters. The van der Waals surface area contributed by atoms with Crippen LogP contribution in [0.25, 0.3) is 0 Å². The van der Waals surface area contributed by atoms with Crippen molar-refractivity contribution >= 4 is 33.5 Å². The van der Waals surface area contributed by atoms with Crippen LogP contribution < -0.4 is 0 Å². The Kier molecular flexibility index (Phi) is 8.56. The molecule has 0 saturated heterocycles. The van der Waals surface area contributed by atoms with E-state index in [1.165, 1.54) is 14.2 Å². The summed E-state index contributed by atoms with van der Waals surface area (Å²) in [6.07, 6.45) is 0. The third kappa shape index (κ3) is 6.27. The molecule has 4 nitrogen and oxygen atoms in total. The van der Waals surface area contributed by atoms with Gasteiger partial charge < -0.3 is 9.47 Å². The third-order valence-electron chi connectivity index (χ3n) is 1.93. The first kappa shape index (κ1) is 15.6. The Hall–Kier alpha value is -0.360. The minimum atomic E-state index is -0.200. The van der Waals surface area contributed by atoms with Crippen molar-refractivity contribution in [2.75, 3.05) is 25.7 Å². The Morgan fingerprint density at radius 1 is 0.938 bits per heavy atom. The first-order valence-corrected chi connectivity index (χ1v) is 7.41. The fraction of sp³-hybridized carbons (Fsp3) is 0.800. The number of carbonyl (C=O) groups is 2. The van der Waals surface area contributed by atoms with E-state index in [-0.39, 0.29) is 23.8 Å². The lowest BCUT2D eigenvalue weighted by molar-refractivity contribution is -0.144. The van der Waals surface area contributed by atoms with E-state index in [0.717, 1.165) is 0 Å². The molecule has 0 bridgehead atoms. The Bertz CT molecular complexity index is 209. The van der Waals surface area contributed by atoms with Crippen LogP contribution in [-0.2, 0) is 19.1 Å². The summed E-state index contributed by atoms with van der Waals surface area (Å²) < 4.78 is 9.22. The van der Waals surface area contributed by atoms with Gasteiger partial charge >= 0.3 is 11.9 Å². The number of carbonyl (C=O) groups excluding carboxylic acids is 2. The lowest BCUT2D eigenvalue weighted by Crippen LogP contribution is -2.16. The van der Waals surface area contributed by atoms with Crippen LogP contribution in [0, 0.1) is 11.8 Å². The molecule has 0 fully saturated rings. The fourth-order valence-electron chi connectivity index (χ4n) is 0.839. The second kappa shape index (κ2) is 8.75. The van der Waals surface area contributed by atoms with Gasteiger partial charge in [0.05, 0.1) is 26.1 Å². The van der Waals surface area contributed by atoms with Gasteiger partial charge in [0.2, 0.25) is 0 Å². The zero-order valence-corrected chi connectivity index (χ0v) is 11.7. The van der Waals surface area contributed by atoms with Crippen molar-refractivity contribution in [1.82, 2.24) is 0 Å². The summed E-state index contributed by atoms with van der Waals surface area (Å²) in [5.74, 6) is 0.742. The van der Waals surface area contributed by atoms with Gasteiger partial charge in [0, 0.05) is 11.5 Å². The zero-order valence-electron chi connectivity index (χ0n) is 10.0. The molecule has 16 heavy (non-hydrogen) atoms. The third-order valence-corrected chi connectivity index (χ3v) is 4.68. The molecule has 0 saturated carbocycles. The molecule has 0 heterocycles. The van der Waals surface area contributed by atoms with Crippen LogP contribution in [-0.4, -0.2) is 37.7 Å². The summed E-state index contributed by atoms with van der Waals surface area (Å²) in [5.41, 5.74) is 0. The topological polar surface area (TPSA) is 52.6 Å². The summed E-state index contributed by atoms with van der Waals surface area (Å²) >= 11 is 0. The van der Waals surface area contributed by atoms with Crippen LogP contribution in [0.3, 0.4) is 0 Å². The van der Waals surface area contributed by atoms with Gasteiger partial charge in [-0.05, 0) is 0 Å². The molecule has 0 radical (unpaired) electrons. The lowest BCUT2D eigenvalue weighted by atomic mass is 10.2. The van der Waals surface area contributed by atoms with Crippen molar-refractivity contribution in [3.63, 3.8) is 0 Å². The number of hydrogen-bond donors (Lipinski definition) is 0. The van der Waals surface area contributed by atoms with Crippen LogP contribution in [0.4, 0.5) is 0 Å². The van der Waals surface area contributed by atoms with Gasteiger partial charge in [0.25, 0.3) is 0 Å². The van der Waals surface area contributed by atoms with Crippen LogP contribution in [0.5, 0.6) is 0 Å². The average Bonchev–Trinajstić information content (AvgIpc) is 2.31. The second-order valence-electron chi connectivity index (χ2n) is 3.42. The second-order valence-corrected chi connectivity index (χ2v) is 5.97. The van der Waals surface area contributed by atoms with Gasteiger partial charge in [0.1, 0.15) is 0 Å². The molecule has 0 spiro atoms. The maximum atomic E-state index is 11.1. The SMILES string of the molecule is COC(=O)[C@@H](C)CSSC[C@H](C)C(=O)OC. The standard InChI is InChI=1S/C10H18O4S2/c1-7(9(11)13-3)5-15-16-6-8(2)10(12)14-4/h7-8H,5-6H2,1-4H3/t7-,8-/m0/s1. The molecular formula is C10H18O4S2. The maximum absolute atomic E-state index is 11.1. The van der Waals surface area contributed by atoms with Crippen molar-refractivity contribution < 1.29 is 19.1 Å². The van der Waals surface area contributed by atoms with Crippen molar-refractivity contribution in [2.24, 2.45) is 11.8 Å². The summed E-state index contributed by atoms with van der Waals surface area (Å²) in [6, 6.07) is 0. The van der Waals surface area contributed by atoms with E-state index in [1.54, 1.807) is 21.6 Å². The van der Waals surface area contributed by atoms with Crippen LogP contribution >= 0.6 is 21.6 Å². The van der Waals surface area contributed by atoms with Crippen LogP contribution in [0.2, 0.25) is 0 Å². The quantitative estimate of drug-likeness (QED) is 0.399. The van der Waals surface area contributed by atoms with Crippen LogP contribution in [0.15, 0.2) is 0 Å². The van der Waals surface area contributed by atoms with Crippen molar-refractivity contribution in [3.8, 4) is 0 Å². The molecule has 0 aromatic carbocycles. The van der Waals surface area contributed by atoms with E-state index in [2.05, 4.69) is 9.47 Å². The van der Waals surface area contributed by atoms with Crippen LogP contribution in [0.1, 0.15) is 13.8 Å². The normalized spacial score (nSPS) is 14.0. The fourth-order valence-corrected chi connectivity index (χ4v) is 3.51. The number of hydrogen-bond acceptors (Lipinski definition) is 6. The predicted molar refractivity (Wildman–Crippen MR) is 67.3 cm³/mol. The minimum Gasteiger partial charge on any atom is -0.469 e. The highest BCUT2D eigenvalue weighted by atomic mass is 33.1. The summed E-state index contributed by atoms with van der Waals surface area (Å²) in [7, 11) is 5.91. The molecule has 0 aliphatic rings. The van der Waals surface area contributed by atoms with Crippen molar-refractivity contribution in [1.29, 1.82) is 0 Å². The first-order chi connectivity index (χ1) is 7.52. The largest absolute Gasteiger partial charge is 0.469 e. The molecule has 94 valence electrons. The predicted octanol–water partition coefficient (Wildman–Crippen LogP) is 1.99. The van der Waals surface area contributed by atoms with Crippen molar-refractivity contribution in [3.05, 3.63) is 0 Å². The number of esters is 2. The summed E-state index contributed by atoms with van der Waals surface area (Å²) in [5, 5.41) is 0. The van der Waals surface area contributed by atoms with E-state index < -0.39 is 0 Å². The Balaban J connectivity index is 3.60. The first-order valence-electron chi connectivity index (χ1n) is 4.93.